The van der Waals surface area contributed by atoms with E-state index in [-0.39, 0.29) is 5.82 Å². The number of nitrogens with zero attached hydrogens (tertiary/aromatic N) is 3. The first-order valence-electron chi connectivity index (χ1n) is 9.53. The maximum Gasteiger partial charge on any atom is 0.204 e. The molecule has 3 aromatic rings. The first-order valence-corrected chi connectivity index (χ1v) is 9.53. The lowest BCUT2D eigenvalue weighted by molar-refractivity contribution is 0.0378. The summed E-state index contributed by atoms with van der Waals surface area (Å²) in [5.41, 5.74) is 3.10. The van der Waals surface area contributed by atoms with Crippen LogP contribution in [0.3, 0.4) is 0 Å². The van der Waals surface area contributed by atoms with Gasteiger partial charge in [-0.25, -0.2) is 9.37 Å². The van der Waals surface area contributed by atoms with E-state index in [9.17, 15) is 4.39 Å². The molecule has 0 unspecified atom stereocenters. The fourth-order valence-corrected chi connectivity index (χ4v) is 3.47. The number of aromatic nitrogens is 2. The van der Waals surface area contributed by atoms with Gasteiger partial charge in [-0.1, -0.05) is 24.3 Å². The number of imidazole rings is 1. The number of ether oxygens (including phenoxy) is 1. The molecule has 27 heavy (non-hydrogen) atoms. The summed E-state index contributed by atoms with van der Waals surface area (Å²) in [6, 6.07) is 14.8. The third kappa shape index (κ3) is 4.46. The summed E-state index contributed by atoms with van der Waals surface area (Å²) in [6.45, 7) is 6.29. The van der Waals surface area contributed by atoms with Crippen molar-refractivity contribution in [3.8, 4) is 0 Å². The standard InChI is InChI=1S/C21H25FN4O/c22-18-8-6-17(7-9-18)16-26-20-5-2-1-4-19(20)24-21(26)23-10-3-11-25-12-14-27-15-13-25/h1-2,4-9H,3,10-16H2,(H,23,24). The average Bonchev–Trinajstić information content (AvgIpc) is 3.05. The van der Waals surface area contributed by atoms with E-state index in [1.54, 1.807) is 0 Å². The van der Waals surface area contributed by atoms with Crippen molar-refractivity contribution in [2.75, 3.05) is 44.7 Å². The van der Waals surface area contributed by atoms with Gasteiger partial charge in [0.25, 0.3) is 0 Å². The largest absolute Gasteiger partial charge is 0.379 e. The summed E-state index contributed by atoms with van der Waals surface area (Å²) < 4.78 is 20.8. The molecule has 0 bridgehead atoms. The van der Waals surface area contributed by atoms with E-state index in [1.165, 1.54) is 12.1 Å². The second kappa shape index (κ2) is 8.50. The normalized spacial score (nSPS) is 15.3. The molecule has 6 heteroatoms. The van der Waals surface area contributed by atoms with E-state index in [1.807, 2.05) is 30.3 Å². The van der Waals surface area contributed by atoms with Crippen LogP contribution in [0.25, 0.3) is 11.0 Å². The van der Waals surface area contributed by atoms with Crippen molar-refractivity contribution in [1.29, 1.82) is 0 Å². The highest BCUT2D eigenvalue weighted by Crippen LogP contribution is 2.21. The Bertz CT molecular complexity index is 872. The molecule has 1 aliphatic heterocycles. The van der Waals surface area contributed by atoms with Crippen molar-refractivity contribution in [3.63, 3.8) is 0 Å². The molecule has 0 amide bonds. The van der Waals surface area contributed by atoms with Crippen LogP contribution in [0.2, 0.25) is 0 Å². The Morgan fingerprint density at radius 1 is 1.04 bits per heavy atom. The quantitative estimate of drug-likeness (QED) is 0.650. The highest BCUT2D eigenvalue weighted by molar-refractivity contribution is 5.78. The predicted molar refractivity (Wildman–Crippen MR) is 106 cm³/mol. The molecule has 0 saturated carbocycles. The van der Waals surface area contributed by atoms with Gasteiger partial charge in [0, 0.05) is 19.6 Å². The molecule has 2 aromatic carbocycles. The zero-order valence-electron chi connectivity index (χ0n) is 15.4. The molecule has 5 nitrogen and oxygen atoms in total. The fraction of sp³-hybridized carbons (Fsp3) is 0.381. The number of fused-ring (bicyclic) bond motifs is 1. The van der Waals surface area contributed by atoms with Gasteiger partial charge in [0.15, 0.2) is 0 Å². The van der Waals surface area contributed by atoms with Crippen molar-refractivity contribution in [2.45, 2.75) is 13.0 Å². The van der Waals surface area contributed by atoms with Crippen molar-refractivity contribution in [2.24, 2.45) is 0 Å². The van der Waals surface area contributed by atoms with E-state index in [2.05, 4.69) is 20.9 Å². The SMILES string of the molecule is Fc1ccc(Cn2c(NCCCN3CCOCC3)nc3ccccc32)cc1. The van der Waals surface area contributed by atoms with E-state index in [0.717, 1.165) is 68.4 Å². The monoisotopic (exact) mass is 368 g/mol. The lowest BCUT2D eigenvalue weighted by atomic mass is 10.2. The zero-order chi connectivity index (χ0) is 18.5. The topological polar surface area (TPSA) is 42.3 Å². The Balaban J connectivity index is 1.45. The van der Waals surface area contributed by atoms with Gasteiger partial charge < -0.3 is 14.6 Å². The number of rotatable bonds is 7. The maximum atomic E-state index is 13.2. The molecule has 1 N–H and O–H groups in total. The van der Waals surface area contributed by atoms with Gasteiger partial charge >= 0.3 is 0 Å². The second-order valence-corrected chi connectivity index (χ2v) is 6.87. The molecule has 0 radical (unpaired) electrons. The molecule has 0 spiro atoms. The van der Waals surface area contributed by atoms with Gasteiger partial charge in [0.05, 0.1) is 30.8 Å². The van der Waals surface area contributed by atoms with Gasteiger partial charge in [0.2, 0.25) is 5.95 Å². The zero-order valence-corrected chi connectivity index (χ0v) is 15.4. The molecule has 1 saturated heterocycles. The van der Waals surface area contributed by atoms with Crippen LogP contribution in [0.15, 0.2) is 48.5 Å². The molecule has 4 rings (SSSR count). The number of hydrogen-bond donors (Lipinski definition) is 1. The minimum absolute atomic E-state index is 0.212. The lowest BCUT2D eigenvalue weighted by Gasteiger charge is -2.26. The van der Waals surface area contributed by atoms with E-state index in [0.29, 0.717) is 6.54 Å². The summed E-state index contributed by atoms with van der Waals surface area (Å²) in [5.74, 6) is 0.651. The van der Waals surface area contributed by atoms with E-state index >= 15 is 0 Å². The predicted octanol–water partition coefficient (Wildman–Crippen LogP) is 3.36. The molecule has 142 valence electrons. The molecule has 1 fully saturated rings. The van der Waals surface area contributed by atoms with Gasteiger partial charge in [-0.15, -0.1) is 0 Å². The summed E-state index contributed by atoms with van der Waals surface area (Å²) in [6.07, 6.45) is 1.06. The third-order valence-corrected chi connectivity index (χ3v) is 4.95. The number of anilines is 1. The first-order chi connectivity index (χ1) is 13.3. The number of hydrogen-bond acceptors (Lipinski definition) is 4. The summed E-state index contributed by atoms with van der Waals surface area (Å²) in [7, 11) is 0. The van der Waals surface area contributed by atoms with Crippen LogP contribution in [-0.2, 0) is 11.3 Å². The molecule has 2 heterocycles. The van der Waals surface area contributed by atoms with Crippen LogP contribution in [0, 0.1) is 5.82 Å². The van der Waals surface area contributed by atoms with E-state index in [4.69, 9.17) is 9.72 Å². The minimum atomic E-state index is -0.212. The van der Waals surface area contributed by atoms with Crippen molar-refractivity contribution in [3.05, 3.63) is 59.9 Å². The minimum Gasteiger partial charge on any atom is -0.379 e. The Labute approximate surface area is 158 Å². The highest BCUT2D eigenvalue weighted by Gasteiger charge is 2.12. The number of halogens is 1. The van der Waals surface area contributed by atoms with Crippen LogP contribution >= 0.6 is 0 Å². The van der Waals surface area contributed by atoms with Crippen LogP contribution in [0.1, 0.15) is 12.0 Å². The Kier molecular flexibility index (Phi) is 5.65. The Hall–Kier alpha value is -2.44. The third-order valence-electron chi connectivity index (χ3n) is 4.95. The summed E-state index contributed by atoms with van der Waals surface area (Å²) in [5, 5.41) is 3.49. The Morgan fingerprint density at radius 2 is 1.81 bits per heavy atom. The fourth-order valence-electron chi connectivity index (χ4n) is 3.47. The highest BCUT2D eigenvalue weighted by atomic mass is 19.1. The maximum absolute atomic E-state index is 13.2. The van der Waals surface area contributed by atoms with Crippen LogP contribution in [0.5, 0.6) is 0 Å². The van der Waals surface area contributed by atoms with Gasteiger partial charge in [-0.05, 0) is 42.8 Å². The van der Waals surface area contributed by atoms with Crippen molar-refractivity contribution >= 4 is 17.0 Å². The average molecular weight is 368 g/mol. The molecule has 1 aromatic heterocycles. The number of morpholine rings is 1. The molecule has 0 aliphatic carbocycles. The van der Waals surface area contributed by atoms with E-state index < -0.39 is 0 Å². The number of para-hydroxylation sites is 2. The van der Waals surface area contributed by atoms with Crippen LogP contribution in [-0.4, -0.2) is 53.8 Å². The molecule has 1 aliphatic rings. The second-order valence-electron chi connectivity index (χ2n) is 6.87. The van der Waals surface area contributed by atoms with Crippen LogP contribution in [0.4, 0.5) is 10.3 Å². The molecule has 0 atom stereocenters. The van der Waals surface area contributed by atoms with Gasteiger partial charge in [-0.3, -0.25) is 4.90 Å². The summed E-state index contributed by atoms with van der Waals surface area (Å²) >= 11 is 0. The number of benzene rings is 2. The number of nitrogens with one attached hydrogen (secondary N) is 1. The molecular weight excluding hydrogens is 343 g/mol. The smallest absolute Gasteiger partial charge is 0.204 e. The van der Waals surface area contributed by atoms with Gasteiger partial charge in [0.1, 0.15) is 5.82 Å². The summed E-state index contributed by atoms with van der Waals surface area (Å²) in [4.78, 5) is 7.19. The van der Waals surface area contributed by atoms with Crippen molar-refractivity contribution in [1.82, 2.24) is 14.5 Å². The van der Waals surface area contributed by atoms with Crippen molar-refractivity contribution < 1.29 is 9.13 Å². The van der Waals surface area contributed by atoms with Crippen LogP contribution < -0.4 is 5.32 Å². The Morgan fingerprint density at radius 3 is 2.63 bits per heavy atom. The lowest BCUT2D eigenvalue weighted by Crippen LogP contribution is -2.37. The molecular formula is C21H25FN4O. The first kappa shape index (κ1) is 17.9. The van der Waals surface area contributed by atoms with Gasteiger partial charge in [-0.2, -0.15) is 0 Å².